The number of carbonyl (C=O) groups is 2. The first kappa shape index (κ1) is 24.2. The van der Waals surface area contributed by atoms with Gasteiger partial charge in [0.1, 0.15) is 17.8 Å². The van der Waals surface area contributed by atoms with Crippen LogP contribution in [0.5, 0.6) is 0 Å². The lowest BCUT2D eigenvalue weighted by molar-refractivity contribution is -0.143. The number of furan rings is 1. The largest absolute Gasteiger partial charge is 0.467 e. The van der Waals surface area contributed by atoms with Crippen LogP contribution in [0, 0.1) is 6.92 Å². The zero-order valence-electron chi connectivity index (χ0n) is 20.6. The molecule has 0 aliphatic rings. The molecule has 0 aliphatic heterocycles. The van der Waals surface area contributed by atoms with E-state index in [0.29, 0.717) is 11.3 Å². The number of carbonyl (C=O) groups excluding carboxylic acids is 2. The van der Waals surface area contributed by atoms with E-state index in [1.165, 1.54) is 6.26 Å². The van der Waals surface area contributed by atoms with E-state index >= 15 is 0 Å². The number of hydrogen-bond donors (Lipinski definition) is 1. The number of hydrogen-bond acceptors (Lipinski definition) is 5. The summed E-state index contributed by atoms with van der Waals surface area (Å²) in [6, 6.07) is 17.9. The van der Waals surface area contributed by atoms with Crippen LogP contribution >= 0.6 is 0 Å². The second-order valence-electron chi connectivity index (χ2n) is 9.39. The van der Waals surface area contributed by atoms with Crippen LogP contribution in [-0.4, -0.2) is 37.2 Å². The number of fused-ring (bicyclic) bond motifs is 1. The van der Waals surface area contributed by atoms with Crippen LogP contribution in [0.25, 0.3) is 11.0 Å². The molecule has 0 saturated carbocycles. The number of rotatable bonds is 9. The average molecular weight is 474 g/mol. The van der Waals surface area contributed by atoms with E-state index in [4.69, 9.17) is 4.42 Å². The smallest absolute Gasteiger partial charge is 0.251 e. The van der Waals surface area contributed by atoms with Gasteiger partial charge in [-0.2, -0.15) is 0 Å². The van der Waals surface area contributed by atoms with Gasteiger partial charge in [-0.05, 0) is 57.0 Å². The third-order valence-corrected chi connectivity index (χ3v) is 6.22. The highest BCUT2D eigenvalue weighted by Crippen LogP contribution is 2.26. The maximum atomic E-state index is 13.8. The highest BCUT2D eigenvalue weighted by atomic mass is 16.3. The van der Waals surface area contributed by atoms with Crippen molar-refractivity contribution in [3.8, 4) is 0 Å². The zero-order valence-corrected chi connectivity index (χ0v) is 20.6. The Morgan fingerprint density at radius 1 is 1.09 bits per heavy atom. The molecule has 0 spiro atoms. The summed E-state index contributed by atoms with van der Waals surface area (Å²) in [5, 5.41) is 11.4. The predicted octanol–water partition coefficient (Wildman–Crippen LogP) is 4.41. The SMILES string of the molecule is CCC(C)(C)NC(=O)C(c1ccco1)N(Cc1ccc(C)cc1)C(=O)Cn1nnc2ccccc21. The predicted molar refractivity (Wildman–Crippen MR) is 133 cm³/mol. The summed E-state index contributed by atoms with van der Waals surface area (Å²) in [7, 11) is 0. The first-order valence-corrected chi connectivity index (χ1v) is 11.8. The molecule has 2 heterocycles. The molecule has 182 valence electrons. The van der Waals surface area contributed by atoms with Crippen molar-refractivity contribution in [1.29, 1.82) is 0 Å². The highest BCUT2D eigenvalue weighted by molar-refractivity contribution is 5.89. The molecule has 8 nitrogen and oxygen atoms in total. The molecule has 35 heavy (non-hydrogen) atoms. The van der Waals surface area contributed by atoms with E-state index in [1.54, 1.807) is 21.7 Å². The van der Waals surface area contributed by atoms with Crippen LogP contribution in [0.2, 0.25) is 0 Å². The molecule has 8 heteroatoms. The van der Waals surface area contributed by atoms with Gasteiger partial charge in [0, 0.05) is 12.1 Å². The summed E-state index contributed by atoms with van der Waals surface area (Å²) < 4.78 is 7.23. The van der Waals surface area contributed by atoms with Crippen molar-refractivity contribution in [1.82, 2.24) is 25.2 Å². The van der Waals surface area contributed by atoms with Gasteiger partial charge in [-0.15, -0.1) is 5.10 Å². The van der Waals surface area contributed by atoms with E-state index < -0.39 is 11.6 Å². The number of benzene rings is 2. The topological polar surface area (TPSA) is 93.3 Å². The molecule has 0 fully saturated rings. The minimum absolute atomic E-state index is 0.0615. The third-order valence-electron chi connectivity index (χ3n) is 6.22. The lowest BCUT2D eigenvalue weighted by atomic mass is 10.0. The van der Waals surface area contributed by atoms with Gasteiger partial charge >= 0.3 is 0 Å². The van der Waals surface area contributed by atoms with Gasteiger partial charge in [0.15, 0.2) is 6.04 Å². The summed E-state index contributed by atoms with van der Waals surface area (Å²) in [4.78, 5) is 29.0. The number of nitrogens with zero attached hydrogens (tertiary/aromatic N) is 4. The van der Waals surface area contributed by atoms with Crippen LogP contribution in [0.1, 0.15) is 50.1 Å². The minimum Gasteiger partial charge on any atom is -0.467 e. The number of aromatic nitrogens is 3. The maximum absolute atomic E-state index is 13.8. The lowest BCUT2D eigenvalue weighted by Crippen LogP contribution is -2.50. The van der Waals surface area contributed by atoms with Gasteiger partial charge in [0.05, 0.1) is 11.8 Å². The fourth-order valence-corrected chi connectivity index (χ4v) is 3.83. The van der Waals surface area contributed by atoms with E-state index in [2.05, 4.69) is 15.6 Å². The van der Waals surface area contributed by atoms with Crippen molar-refractivity contribution in [3.05, 3.63) is 83.8 Å². The van der Waals surface area contributed by atoms with E-state index in [1.807, 2.05) is 76.2 Å². The van der Waals surface area contributed by atoms with Crippen LogP contribution in [-0.2, 0) is 22.7 Å². The Hall–Kier alpha value is -3.94. The van der Waals surface area contributed by atoms with Gasteiger partial charge in [0.2, 0.25) is 5.91 Å². The summed E-state index contributed by atoms with van der Waals surface area (Å²) in [6.07, 6.45) is 2.25. The average Bonchev–Trinajstić information content (AvgIpc) is 3.50. The van der Waals surface area contributed by atoms with E-state index in [-0.39, 0.29) is 24.9 Å². The second kappa shape index (κ2) is 10.1. The highest BCUT2D eigenvalue weighted by Gasteiger charge is 2.36. The number of aryl methyl sites for hydroxylation is 1. The second-order valence-corrected chi connectivity index (χ2v) is 9.39. The van der Waals surface area contributed by atoms with Gasteiger partial charge in [0.25, 0.3) is 5.91 Å². The van der Waals surface area contributed by atoms with Crippen LogP contribution in [0.15, 0.2) is 71.3 Å². The fraction of sp³-hybridized carbons (Fsp3) is 0.333. The van der Waals surface area contributed by atoms with E-state index in [0.717, 1.165) is 23.1 Å². The van der Waals surface area contributed by atoms with Crippen molar-refractivity contribution in [2.75, 3.05) is 0 Å². The van der Waals surface area contributed by atoms with Crippen molar-refractivity contribution < 1.29 is 14.0 Å². The molecule has 2 aromatic carbocycles. The lowest BCUT2D eigenvalue weighted by Gasteiger charge is -2.33. The van der Waals surface area contributed by atoms with Gasteiger partial charge in [-0.3, -0.25) is 9.59 Å². The molecule has 2 aromatic heterocycles. The molecule has 1 unspecified atom stereocenters. The third kappa shape index (κ3) is 5.59. The molecule has 1 atom stereocenters. The molecule has 1 N–H and O–H groups in total. The van der Waals surface area contributed by atoms with Gasteiger partial charge in [-0.1, -0.05) is 54.1 Å². The Labute approximate surface area is 204 Å². The standard InChI is InChI=1S/C27H31N5O3/c1-5-27(3,4)28-26(34)25(23-11-8-16-35-23)31(17-20-14-12-19(2)13-15-20)24(33)18-32-22-10-7-6-9-21(22)29-30-32/h6-16,25H,5,17-18H2,1-4H3,(H,28,34). The quantitative estimate of drug-likeness (QED) is 0.389. The first-order valence-electron chi connectivity index (χ1n) is 11.8. The number of nitrogens with one attached hydrogen (secondary N) is 1. The van der Waals surface area contributed by atoms with Crippen molar-refractivity contribution in [2.24, 2.45) is 0 Å². The molecular formula is C27H31N5O3. The monoisotopic (exact) mass is 473 g/mol. The van der Waals surface area contributed by atoms with Crippen molar-refractivity contribution >= 4 is 22.8 Å². The molecule has 0 saturated heterocycles. The summed E-state index contributed by atoms with van der Waals surface area (Å²) in [6.45, 7) is 8.10. The summed E-state index contributed by atoms with van der Waals surface area (Å²) in [5.41, 5.74) is 3.04. The molecule has 2 amide bonds. The molecule has 0 bridgehead atoms. The van der Waals surface area contributed by atoms with Crippen LogP contribution in [0.3, 0.4) is 0 Å². The Morgan fingerprint density at radius 2 is 1.83 bits per heavy atom. The summed E-state index contributed by atoms with van der Waals surface area (Å²) >= 11 is 0. The number of para-hydroxylation sites is 1. The minimum atomic E-state index is -0.945. The molecular weight excluding hydrogens is 442 g/mol. The van der Waals surface area contributed by atoms with Crippen molar-refractivity contribution in [3.63, 3.8) is 0 Å². The number of amides is 2. The first-order chi connectivity index (χ1) is 16.8. The van der Waals surface area contributed by atoms with Crippen molar-refractivity contribution in [2.45, 2.75) is 58.8 Å². The molecule has 0 aliphatic carbocycles. The van der Waals surface area contributed by atoms with Crippen LogP contribution in [0.4, 0.5) is 0 Å². The molecule has 0 radical (unpaired) electrons. The van der Waals surface area contributed by atoms with E-state index in [9.17, 15) is 9.59 Å². The molecule has 4 aromatic rings. The van der Waals surface area contributed by atoms with Gasteiger partial charge < -0.3 is 14.6 Å². The van der Waals surface area contributed by atoms with Crippen LogP contribution < -0.4 is 5.32 Å². The summed E-state index contributed by atoms with van der Waals surface area (Å²) in [5.74, 6) is -0.166. The Balaban J connectivity index is 1.72. The zero-order chi connectivity index (χ0) is 25.0. The molecule has 4 rings (SSSR count). The fourth-order valence-electron chi connectivity index (χ4n) is 3.83. The van der Waals surface area contributed by atoms with Gasteiger partial charge in [-0.25, -0.2) is 4.68 Å². The Kier molecular flexibility index (Phi) is 7.00. The normalized spacial score (nSPS) is 12.5. The Morgan fingerprint density at radius 3 is 2.51 bits per heavy atom. The maximum Gasteiger partial charge on any atom is 0.251 e. The Bertz CT molecular complexity index is 1290.